The molecule has 0 bridgehead atoms. The maximum absolute atomic E-state index is 5.92. The van der Waals surface area contributed by atoms with Crippen molar-refractivity contribution < 1.29 is 4.43 Å². The number of rotatable bonds is 5. The minimum absolute atomic E-state index is 0.999. The first-order chi connectivity index (χ1) is 6.77. The molecule has 0 fully saturated rings. The van der Waals surface area contributed by atoms with Gasteiger partial charge in [0.25, 0.3) is 0 Å². The first-order valence-corrected chi connectivity index (χ1v) is 7.38. The fourth-order valence-electron chi connectivity index (χ4n) is 1.51. The van der Waals surface area contributed by atoms with Gasteiger partial charge in [0.1, 0.15) is 5.75 Å². The number of para-hydroxylation sites is 1. The molecule has 14 heavy (non-hydrogen) atoms. The quantitative estimate of drug-likeness (QED) is 0.690. The second kappa shape index (κ2) is 5.83. The maximum Gasteiger partial charge on any atom is 0.312 e. The van der Waals surface area contributed by atoms with E-state index in [0.29, 0.717) is 0 Å². The van der Waals surface area contributed by atoms with Gasteiger partial charge in [-0.25, -0.2) is 0 Å². The summed E-state index contributed by atoms with van der Waals surface area (Å²) in [6.45, 7) is 8.75. The van der Waals surface area contributed by atoms with Gasteiger partial charge in [-0.1, -0.05) is 32.0 Å². The molecule has 1 rings (SSSR count). The van der Waals surface area contributed by atoms with Crippen LogP contribution in [0.25, 0.3) is 0 Å². The van der Waals surface area contributed by atoms with Crippen molar-refractivity contribution in [2.45, 2.75) is 20.4 Å². The first kappa shape index (κ1) is 11.3. The van der Waals surface area contributed by atoms with E-state index in [0.717, 1.165) is 18.8 Å². The van der Waals surface area contributed by atoms with E-state index in [9.17, 15) is 0 Å². The average Bonchev–Trinajstić information content (AvgIpc) is 2.21. The number of hydrogen-bond acceptors (Lipinski definition) is 2. The normalized spacial score (nSPS) is 12.9. The van der Waals surface area contributed by atoms with Crippen molar-refractivity contribution in [2.75, 3.05) is 13.1 Å². The molecule has 0 spiro atoms. The largest absolute Gasteiger partial charge is 0.532 e. The highest BCUT2D eigenvalue weighted by Gasteiger charge is 2.13. The molecule has 2 nitrogen and oxygen atoms in total. The predicted octanol–water partition coefficient (Wildman–Crippen LogP) is 2.26. The van der Waals surface area contributed by atoms with Crippen LogP contribution in [0.1, 0.15) is 13.8 Å². The molecule has 0 aliphatic carbocycles. The van der Waals surface area contributed by atoms with Crippen LogP contribution in [0.4, 0.5) is 0 Å². The summed E-state index contributed by atoms with van der Waals surface area (Å²) in [7, 11) is -1.21. The highest BCUT2D eigenvalue weighted by Crippen LogP contribution is 2.10. The molecular weight excluding hydrogens is 190 g/mol. The van der Waals surface area contributed by atoms with Crippen LogP contribution in [0.15, 0.2) is 30.3 Å². The van der Waals surface area contributed by atoms with Gasteiger partial charge in [0.15, 0.2) is 0 Å². The molecule has 0 saturated heterocycles. The van der Waals surface area contributed by atoms with Crippen molar-refractivity contribution >= 4 is 9.20 Å². The molecule has 1 unspecified atom stereocenters. The topological polar surface area (TPSA) is 12.5 Å². The van der Waals surface area contributed by atoms with Gasteiger partial charge in [-0.15, -0.1) is 0 Å². The van der Waals surface area contributed by atoms with Gasteiger partial charge in [-0.05, 0) is 31.8 Å². The molecule has 1 aromatic rings. The molecule has 0 saturated carbocycles. The molecule has 0 aliphatic rings. The van der Waals surface area contributed by atoms with Crippen molar-refractivity contribution in [3.8, 4) is 5.75 Å². The van der Waals surface area contributed by atoms with Gasteiger partial charge in [0.2, 0.25) is 0 Å². The number of hydrogen-bond donors (Lipinski definition) is 0. The summed E-state index contributed by atoms with van der Waals surface area (Å²) in [6.07, 6.45) is 0. The van der Waals surface area contributed by atoms with E-state index in [4.69, 9.17) is 4.43 Å². The van der Waals surface area contributed by atoms with Crippen LogP contribution in [-0.4, -0.2) is 26.9 Å². The third kappa shape index (κ3) is 3.16. The van der Waals surface area contributed by atoms with Crippen LogP contribution in [0.2, 0.25) is 6.55 Å². The SMILES string of the molecule is CCN(CC)[SiH](C)Oc1ccccc1. The zero-order chi connectivity index (χ0) is 10.4. The van der Waals surface area contributed by atoms with Gasteiger partial charge in [-0.3, -0.25) is 4.57 Å². The Balaban J connectivity index is 2.52. The lowest BCUT2D eigenvalue weighted by Gasteiger charge is -2.25. The fraction of sp³-hybridized carbons (Fsp3) is 0.455. The van der Waals surface area contributed by atoms with Crippen molar-refractivity contribution in [1.29, 1.82) is 0 Å². The lowest BCUT2D eigenvalue weighted by atomic mass is 10.3. The van der Waals surface area contributed by atoms with E-state index in [2.05, 4.69) is 25.0 Å². The summed E-state index contributed by atoms with van der Waals surface area (Å²) >= 11 is 0. The van der Waals surface area contributed by atoms with Crippen LogP contribution in [-0.2, 0) is 0 Å². The molecular formula is C11H19NOSi. The van der Waals surface area contributed by atoms with E-state index in [1.807, 2.05) is 30.3 Å². The summed E-state index contributed by atoms with van der Waals surface area (Å²) < 4.78 is 8.33. The summed E-state index contributed by atoms with van der Waals surface area (Å²) in [5, 5.41) is 0. The van der Waals surface area contributed by atoms with Crippen molar-refractivity contribution in [3.63, 3.8) is 0 Å². The molecule has 78 valence electrons. The average molecular weight is 209 g/mol. The van der Waals surface area contributed by atoms with Crippen molar-refractivity contribution in [2.24, 2.45) is 0 Å². The molecule has 0 radical (unpaired) electrons. The van der Waals surface area contributed by atoms with Crippen LogP contribution in [0, 0.1) is 0 Å². The Labute approximate surface area is 88.3 Å². The van der Waals surface area contributed by atoms with E-state index >= 15 is 0 Å². The summed E-state index contributed by atoms with van der Waals surface area (Å²) in [5.41, 5.74) is 0. The minimum atomic E-state index is -1.21. The Morgan fingerprint density at radius 2 is 1.71 bits per heavy atom. The fourth-order valence-corrected chi connectivity index (χ4v) is 3.24. The molecule has 1 aromatic carbocycles. The van der Waals surface area contributed by atoms with Crippen LogP contribution >= 0.6 is 0 Å². The Morgan fingerprint density at radius 3 is 2.21 bits per heavy atom. The maximum atomic E-state index is 5.92. The Kier molecular flexibility index (Phi) is 4.69. The highest BCUT2D eigenvalue weighted by atomic mass is 28.3. The standard InChI is InChI=1S/C11H19NOSi/c1-4-12(5-2)14(3)13-11-9-7-6-8-10-11/h6-10,14H,4-5H2,1-3H3. The third-order valence-corrected chi connectivity index (χ3v) is 4.75. The monoisotopic (exact) mass is 209 g/mol. The van der Waals surface area contributed by atoms with Gasteiger partial charge in [0, 0.05) is 0 Å². The van der Waals surface area contributed by atoms with Gasteiger partial charge >= 0.3 is 9.20 Å². The minimum Gasteiger partial charge on any atom is -0.532 e. The number of benzene rings is 1. The second-order valence-corrected chi connectivity index (χ2v) is 5.42. The number of nitrogens with zero attached hydrogens (tertiary/aromatic N) is 1. The molecule has 3 heteroatoms. The van der Waals surface area contributed by atoms with E-state index in [1.54, 1.807) is 0 Å². The molecule has 1 atom stereocenters. The Morgan fingerprint density at radius 1 is 1.14 bits per heavy atom. The van der Waals surface area contributed by atoms with Crippen molar-refractivity contribution in [3.05, 3.63) is 30.3 Å². The third-order valence-electron chi connectivity index (χ3n) is 2.38. The van der Waals surface area contributed by atoms with Gasteiger partial charge < -0.3 is 4.43 Å². The zero-order valence-corrected chi connectivity index (χ0v) is 10.4. The van der Waals surface area contributed by atoms with Crippen LogP contribution in [0.3, 0.4) is 0 Å². The zero-order valence-electron chi connectivity index (χ0n) is 9.23. The Hall–Kier alpha value is -0.803. The molecule has 0 amide bonds. The molecule has 0 aliphatic heterocycles. The Bertz CT molecular complexity index is 249. The highest BCUT2D eigenvalue weighted by molar-refractivity contribution is 6.47. The summed E-state index contributed by atoms with van der Waals surface area (Å²) in [4.78, 5) is 0. The van der Waals surface area contributed by atoms with Gasteiger partial charge in [-0.2, -0.15) is 0 Å². The second-order valence-electron chi connectivity index (χ2n) is 3.25. The lowest BCUT2D eigenvalue weighted by molar-refractivity contribution is 0.401. The lowest BCUT2D eigenvalue weighted by Crippen LogP contribution is -2.41. The summed E-state index contributed by atoms with van der Waals surface area (Å²) in [5.74, 6) is 0.999. The van der Waals surface area contributed by atoms with E-state index < -0.39 is 9.20 Å². The van der Waals surface area contributed by atoms with Crippen LogP contribution < -0.4 is 4.43 Å². The van der Waals surface area contributed by atoms with E-state index in [1.165, 1.54) is 0 Å². The first-order valence-electron chi connectivity index (χ1n) is 5.23. The molecule has 0 N–H and O–H groups in total. The van der Waals surface area contributed by atoms with Crippen molar-refractivity contribution in [1.82, 2.24) is 4.57 Å². The molecule has 0 heterocycles. The summed E-state index contributed by atoms with van der Waals surface area (Å²) in [6, 6.07) is 10.1. The molecule has 0 aromatic heterocycles. The van der Waals surface area contributed by atoms with E-state index in [-0.39, 0.29) is 0 Å². The smallest absolute Gasteiger partial charge is 0.312 e. The predicted molar refractivity (Wildman–Crippen MR) is 63.0 cm³/mol. The van der Waals surface area contributed by atoms with Crippen LogP contribution in [0.5, 0.6) is 5.75 Å². The van der Waals surface area contributed by atoms with Gasteiger partial charge in [0.05, 0.1) is 0 Å².